The summed E-state index contributed by atoms with van der Waals surface area (Å²) in [5.74, 6) is -0.551. The van der Waals surface area contributed by atoms with Crippen molar-refractivity contribution in [2.24, 2.45) is 0 Å². The highest BCUT2D eigenvalue weighted by Gasteiger charge is 2.29. The van der Waals surface area contributed by atoms with Crippen molar-refractivity contribution in [3.63, 3.8) is 0 Å². The molecule has 18 heavy (non-hydrogen) atoms. The minimum absolute atomic E-state index is 0.117. The van der Waals surface area contributed by atoms with Crippen molar-refractivity contribution in [2.45, 2.75) is 25.9 Å². The maximum absolute atomic E-state index is 12.3. The van der Waals surface area contributed by atoms with Crippen molar-refractivity contribution in [1.29, 1.82) is 0 Å². The van der Waals surface area contributed by atoms with Crippen LogP contribution in [-0.4, -0.2) is 29.9 Å². The zero-order chi connectivity index (χ0) is 13.0. The number of carbonyl (C=O) groups is 2. The van der Waals surface area contributed by atoms with Gasteiger partial charge in [-0.2, -0.15) is 0 Å². The largest absolute Gasteiger partial charge is 0.447 e. The summed E-state index contributed by atoms with van der Waals surface area (Å²) >= 11 is 0. The molecule has 1 aliphatic heterocycles. The SMILES string of the molecule is CC(=O)O[C@@H](C(=O)N1CCCC1)c1ccccc1. The Labute approximate surface area is 107 Å². The summed E-state index contributed by atoms with van der Waals surface area (Å²) in [6, 6.07) is 9.16. The number of carbonyl (C=O) groups excluding carboxylic acids is 2. The van der Waals surface area contributed by atoms with E-state index in [-0.39, 0.29) is 5.91 Å². The second-order valence-corrected chi connectivity index (χ2v) is 4.43. The molecule has 0 N–H and O–H groups in total. The predicted octanol–water partition coefficient (Wildman–Crippen LogP) is 1.91. The molecular formula is C14H17NO3. The summed E-state index contributed by atoms with van der Waals surface area (Å²) in [6.07, 6.45) is 1.24. The lowest BCUT2D eigenvalue weighted by molar-refractivity contribution is -0.158. The van der Waals surface area contributed by atoms with E-state index in [2.05, 4.69) is 0 Å². The minimum Gasteiger partial charge on any atom is -0.447 e. The molecule has 4 heteroatoms. The van der Waals surface area contributed by atoms with Crippen LogP contribution in [0, 0.1) is 0 Å². The molecule has 4 nitrogen and oxygen atoms in total. The molecule has 1 aromatic carbocycles. The van der Waals surface area contributed by atoms with E-state index in [4.69, 9.17) is 4.74 Å². The zero-order valence-corrected chi connectivity index (χ0v) is 10.5. The molecule has 96 valence electrons. The van der Waals surface area contributed by atoms with Crippen LogP contribution in [0.3, 0.4) is 0 Å². The summed E-state index contributed by atoms with van der Waals surface area (Å²) < 4.78 is 5.18. The molecule has 0 aliphatic carbocycles. The first-order valence-electron chi connectivity index (χ1n) is 6.19. The van der Waals surface area contributed by atoms with Gasteiger partial charge in [-0.05, 0) is 12.8 Å². The van der Waals surface area contributed by atoms with Gasteiger partial charge in [-0.25, -0.2) is 0 Å². The molecule has 0 bridgehead atoms. The van der Waals surface area contributed by atoms with Crippen LogP contribution in [0.2, 0.25) is 0 Å². The Morgan fingerprint density at radius 3 is 2.33 bits per heavy atom. The Morgan fingerprint density at radius 2 is 1.78 bits per heavy atom. The van der Waals surface area contributed by atoms with Gasteiger partial charge in [-0.15, -0.1) is 0 Å². The fourth-order valence-electron chi connectivity index (χ4n) is 2.16. The monoisotopic (exact) mass is 247 g/mol. The van der Waals surface area contributed by atoms with E-state index in [0.29, 0.717) is 0 Å². The van der Waals surface area contributed by atoms with Crippen LogP contribution in [0.5, 0.6) is 0 Å². The number of rotatable bonds is 3. The van der Waals surface area contributed by atoms with E-state index >= 15 is 0 Å². The Morgan fingerprint density at radius 1 is 1.17 bits per heavy atom. The molecule has 2 rings (SSSR count). The summed E-state index contributed by atoms with van der Waals surface area (Å²) in [5, 5.41) is 0. The Hall–Kier alpha value is -1.84. The molecule has 0 spiro atoms. The first kappa shape index (κ1) is 12.6. The van der Waals surface area contributed by atoms with Crippen LogP contribution in [0.15, 0.2) is 30.3 Å². The third kappa shape index (κ3) is 2.88. The molecule has 1 heterocycles. The van der Waals surface area contributed by atoms with Crippen LogP contribution >= 0.6 is 0 Å². The Bertz CT molecular complexity index is 424. The molecule has 1 saturated heterocycles. The third-order valence-corrected chi connectivity index (χ3v) is 3.03. The maximum Gasteiger partial charge on any atom is 0.303 e. The predicted molar refractivity (Wildman–Crippen MR) is 66.8 cm³/mol. The summed E-state index contributed by atoms with van der Waals surface area (Å²) in [6.45, 7) is 2.83. The van der Waals surface area contributed by atoms with E-state index in [0.717, 1.165) is 31.5 Å². The highest BCUT2D eigenvalue weighted by Crippen LogP contribution is 2.22. The Kier molecular flexibility index (Phi) is 3.97. The lowest BCUT2D eigenvalue weighted by atomic mass is 10.1. The van der Waals surface area contributed by atoms with E-state index in [9.17, 15) is 9.59 Å². The number of amides is 1. The number of hydrogen-bond donors (Lipinski definition) is 0. The van der Waals surface area contributed by atoms with Gasteiger partial charge in [-0.1, -0.05) is 30.3 Å². The maximum atomic E-state index is 12.3. The molecule has 1 fully saturated rings. The number of esters is 1. The van der Waals surface area contributed by atoms with Crippen LogP contribution in [-0.2, 0) is 14.3 Å². The topological polar surface area (TPSA) is 46.6 Å². The number of nitrogens with zero attached hydrogens (tertiary/aromatic N) is 1. The van der Waals surface area contributed by atoms with E-state index in [1.807, 2.05) is 30.3 Å². The second kappa shape index (κ2) is 5.67. The Balaban J connectivity index is 2.19. The van der Waals surface area contributed by atoms with Gasteiger partial charge in [0.2, 0.25) is 6.10 Å². The van der Waals surface area contributed by atoms with Crippen molar-refractivity contribution >= 4 is 11.9 Å². The minimum atomic E-state index is -0.804. The van der Waals surface area contributed by atoms with Crippen LogP contribution in [0.25, 0.3) is 0 Å². The number of benzene rings is 1. The van der Waals surface area contributed by atoms with Crippen LogP contribution < -0.4 is 0 Å². The normalized spacial score (nSPS) is 16.4. The lowest BCUT2D eigenvalue weighted by Crippen LogP contribution is -2.34. The van der Waals surface area contributed by atoms with Gasteiger partial charge >= 0.3 is 5.97 Å². The lowest BCUT2D eigenvalue weighted by Gasteiger charge is -2.23. The van der Waals surface area contributed by atoms with Gasteiger partial charge in [0.05, 0.1) is 0 Å². The molecule has 0 unspecified atom stereocenters. The average molecular weight is 247 g/mol. The molecule has 0 saturated carbocycles. The van der Waals surface area contributed by atoms with Crippen molar-refractivity contribution in [3.05, 3.63) is 35.9 Å². The first-order valence-corrected chi connectivity index (χ1v) is 6.19. The first-order chi connectivity index (χ1) is 8.68. The van der Waals surface area contributed by atoms with Gasteiger partial charge in [0.25, 0.3) is 5.91 Å². The third-order valence-electron chi connectivity index (χ3n) is 3.03. The quantitative estimate of drug-likeness (QED) is 0.766. The molecular weight excluding hydrogens is 230 g/mol. The fourth-order valence-corrected chi connectivity index (χ4v) is 2.16. The van der Waals surface area contributed by atoms with Gasteiger partial charge in [0.15, 0.2) is 0 Å². The van der Waals surface area contributed by atoms with Crippen molar-refractivity contribution in [1.82, 2.24) is 4.90 Å². The van der Waals surface area contributed by atoms with Gasteiger partial charge in [0, 0.05) is 25.6 Å². The highest BCUT2D eigenvalue weighted by atomic mass is 16.5. The van der Waals surface area contributed by atoms with E-state index < -0.39 is 12.1 Å². The molecule has 0 aromatic heterocycles. The standard InChI is InChI=1S/C14H17NO3/c1-11(16)18-13(12-7-3-2-4-8-12)14(17)15-9-5-6-10-15/h2-4,7-8,13H,5-6,9-10H2,1H3/t13-/m1/s1. The molecule has 0 radical (unpaired) electrons. The number of likely N-dealkylation sites (tertiary alicyclic amines) is 1. The van der Waals surface area contributed by atoms with Gasteiger partial charge in [-0.3, -0.25) is 9.59 Å². The second-order valence-electron chi connectivity index (χ2n) is 4.43. The van der Waals surface area contributed by atoms with Crippen LogP contribution in [0.1, 0.15) is 31.4 Å². The number of hydrogen-bond acceptors (Lipinski definition) is 3. The fraction of sp³-hybridized carbons (Fsp3) is 0.429. The van der Waals surface area contributed by atoms with Crippen molar-refractivity contribution in [3.8, 4) is 0 Å². The smallest absolute Gasteiger partial charge is 0.303 e. The summed E-state index contributed by atoms with van der Waals surface area (Å²) in [5.41, 5.74) is 0.726. The van der Waals surface area contributed by atoms with Gasteiger partial charge < -0.3 is 9.64 Å². The summed E-state index contributed by atoms with van der Waals surface area (Å²) in [4.78, 5) is 25.2. The molecule has 1 aromatic rings. The average Bonchev–Trinajstić information content (AvgIpc) is 2.90. The highest BCUT2D eigenvalue weighted by molar-refractivity contribution is 5.84. The molecule has 1 aliphatic rings. The van der Waals surface area contributed by atoms with Crippen molar-refractivity contribution < 1.29 is 14.3 Å². The number of ether oxygens (including phenoxy) is 1. The van der Waals surface area contributed by atoms with E-state index in [1.54, 1.807) is 4.90 Å². The molecule has 1 atom stereocenters. The van der Waals surface area contributed by atoms with Crippen LogP contribution in [0.4, 0.5) is 0 Å². The van der Waals surface area contributed by atoms with E-state index in [1.165, 1.54) is 6.92 Å². The van der Waals surface area contributed by atoms with Crippen molar-refractivity contribution in [2.75, 3.05) is 13.1 Å². The zero-order valence-electron chi connectivity index (χ0n) is 10.5. The van der Waals surface area contributed by atoms with Gasteiger partial charge in [0.1, 0.15) is 0 Å². The molecule has 1 amide bonds. The summed E-state index contributed by atoms with van der Waals surface area (Å²) in [7, 11) is 0.